The fourth-order valence-electron chi connectivity index (χ4n) is 1.72. The highest BCUT2D eigenvalue weighted by Gasteiger charge is 2.07. The Hall–Kier alpha value is -0.340. The summed E-state index contributed by atoms with van der Waals surface area (Å²) in [6, 6.07) is 6.65. The second-order valence-electron chi connectivity index (χ2n) is 4.22. The smallest absolute Gasteiger partial charge is 0.0476 e. The van der Waals surface area contributed by atoms with Gasteiger partial charge in [0.2, 0.25) is 0 Å². The third kappa shape index (κ3) is 4.67. The molecule has 1 aromatic carbocycles. The summed E-state index contributed by atoms with van der Waals surface area (Å²) >= 11 is 3.72. The van der Waals surface area contributed by atoms with Crippen LogP contribution in [0, 0.1) is 13.8 Å². The molecule has 90 valence electrons. The molecule has 0 saturated carbocycles. The van der Waals surface area contributed by atoms with Gasteiger partial charge in [-0.1, -0.05) is 39.7 Å². The monoisotopic (exact) mass is 284 g/mol. The SMILES string of the molecule is CCOCCC(Br)Cc1cc(C)ccc1C. The molecule has 0 spiro atoms. The average molecular weight is 285 g/mol. The summed E-state index contributed by atoms with van der Waals surface area (Å²) in [4.78, 5) is 0.513. The van der Waals surface area contributed by atoms with E-state index in [0.717, 1.165) is 26.1 Å². The molecule has 0 aliphatic heterocycles. The lowest BCUT2D eigenvalue weighted by atomic mass is 10.0. The largest absolute Gasteiger partial charge is 0.382 e. The molecule has 0 aromatic heterocycles. The van der Waals surface area contributed by atoms with Crippen molar-refractivity contribution < 1.29 is 4.74 Å². The molecular formula is C14H21BrO. The van der Waals surface area contributed by atoms with Gasteiger partial charge >= 0.3 is 0 Å². The standard InChI is InChI=1S/C14H21BrO/c1-4-16-8-7-14(15)10-13-9-11(2)5-6-12(13)3/h5-6,9,14H,4,7-8,10H2,1-3H3. The summed E-state index contributed by atoms with van der Waals surface area (Å²) in [5.74, 6) is 0. The van der Waals surface area contributed by atoms with Crippen LogP contribution in [0.2, 0.25) is 0 Å². The topological polar surface area (TPSA) is 9.23 Å². The second-order valence-corrected chi connectivity index (χ2v) is 5.51. The van der Waals surface area contributed by atoms with Gasteiger partial charge in [-0.05, 0) is 44.7 Å². The van der Waals surface area contributed by atoms with Crippen LogP contribution in [0.3, 0.4) is 0 Å². The van der Waals surface area contributed by atoms with Crippen molar-refractivity contribution in [1.82, 2.24) is 0 Å². The van der Waals surface area contributed by atoms with Crippen LogP contribution in [0.15, 0.2) is 18.2 Å². The van der Waals surface area contributed by atoms with Gasteiger partial charge in [0.05, 0.1) is 0 Å². The van der Waals surface area contributed by atoms with E-state index < -0.39 is 0 Å². The third-order valence-electron chi connectivity index (χ3n) is 2.73. The quantitative estimate of drug-likeness (QED) is 0.566. The van der Waals surface area contributed by atoms with Crippen LogP contribution >= 0.6 is 15.9 Å². The van der Waals surface area contributed by atoms with Gasteiger partial charge in [0, 0.05) is 18.0 Å². The second kappa shape index (κ2) is 7.08. The van der Waals surface area contributed by atoms with Crippen molar-refractivity contribution in [2.75, 3.05) is 13.2 Å². The molecule has 0 bridgehead atoms. The van der Waals surface area contributed by atoms with Gasteiger partial charge in [-0.25, -0.2) is 0 Å². The highest BCUT2D eigenvalue weighted by Crippen LogP contribution is 2.18. The molecule has 0 heterocycles. The summed E-state index contributed by atoms with van der Waals surface area (Å²) in [5, 5.41) is 0. The molecular weight excluding hydrogens is 264 g/mol. The van der Waals surface area contributed by atoms with Crippen molar-refractivity contribution in [2.24, 2.45) is 0 Å². The zero-order valence-electron chi connectivity index (χ0n) is 10.4. The van der Waals surface area contributed by atoms with Crippen molar-refractivity contribution in [3.05, 3.63) is 34.9 Å². The van der Waals surface area contributed by atoms with E-state index in [1.807, 2.05) is 6.92 Å². The Balaban J connectivity index is 2.48. The van der Waals surface area contributed by atoms with Crippen LogP contribution in [0.4, 0.5) is 0 Å². The van der Waals surface area contributed by atoms with E-state index in [9.17, 15) is 0 Å². The minimum atomic E-state index is 0.513. The first-order valence-electron chi connectivity index (χ1n) is 5.91. The molecule has 1 nitrogen and oxygen atoms in total. The van der Waals surface area contributed by atoms with Crippen molar-refractivity contribution >= 4 is 15.9 Å². The minimum Gasteiger partial charge on any atom is -0.382 e. The molecule has 1 atom stereocenters. The van der Waals surface area contributed by atoms with Crippen molar-refractivity contribution in [3.63, 3.8) is 0 Å². The molecule has 1 aromatic rings. The number of benzene rings is 1. The number of hydrogen-bond donors (Lipinski definition) is 0. The maximum Gasteiger partial charge on any atom is 0.0476 e. The summed E-state index contributed by atoms with van der Waals surface area (Å²) in [6.07, 6.45) is 2.15. The van der Waals surface area contributed by atoms with Crippen LogP contribution in [-0.2, 0) is 11.2 Å². The number of aryl methyl sites for hydroxylation is 2. The van der Waals surface area contributed by atoms with Gasteiger partial charge in [-0.15, -0.1) is 0 Å². The van der Waals surface area contributed by atoms with Gasteiger partial charge in [-0.3, -0.25) is 0 Å². The maximum absolute atomic E-state index is 5.37. The molecule has 0 amide bonds. The minimum absolute atomic E-state index is 0.513. The van der Waals surface area contributed by atoms with Crippen molar-refractivity contribution in [1.29, 1.82) is 0 Å². The number of hydrogen-bond acceptors (Lipinski definition) is 1. The molecule has 0 N–H and O–H groups in total. The molecule has 0 aliphatic rings. The Morgan fingerprint density at radius 3 is 2.75 bits per heavy atom. The first kappa shape index (κ1) is 13.7. The van der Waals surface area contributed by atoms with Crippen molar-refractivity contribution in [3.8, 4) is 0 Å². The van der Waals surface area contributed by atoms with Crippen LogP contribution < -0.4 is 0 Å². The number of halogens is 1. The Bertz CT molecular complexity index is 323. The van der Waals surface area contributed by atoms with E-state index in [-0.39, 0.29) is 0 Å². The summed E-state index contributed by atoms with van der Waals surface area (Å²) in [6.45, 7) is 8.01. The van der Waals surface area contributed by atoms with Crippen LogP contribution in [0.5, 0.6) is 0 Å². The van der Waals surface area contributed by atoms with E-state index in [2.05, 4.69) is 48.0 Å². The Kier molecular flexibility index (Phi) is 6.07. The van der Waals surface area contributed by atoms with Gasteiger partial charge in [-0.2, -0.15) is 0 Å². The van der Waals surface area contributed by atoms with E-state index in [1.165, 1.54) is 16.7 Å². The van der Waals surface area contributed by atoms with E-state index in [4.69, 9.17) is 4.74 Å². The number of rotatable bonds is 6. The fourth-order valence-corrected chi connectivity index (χ4v) is 2.25. The third-order valence-corrected chi connectivity index (χ3v) is 3.51. The predicted molar refractivity (Wildman–Crippen MR) is 73.4 cm³/mol. The lowest BCUT2D eigenvalue weighted by molar-refractivity contribution is 0.145. The zero-order chi connectivity index (χ0) is 12.0. The Morgan fingerprint density at radius 2 is 2.06 bits per heavy atom. The molecule has 16 heavy (non-hydrogen) atoms. The van der Waals surface area contributed by atoms with E-state index in [1.54, 1.807) is 0 Å². The maximum atomic E-state index is 5.37. The highest BCUT2D eigenvalue weighted by atomic mass is 79.9. The number of ether oxygens (including phenoxy) is 1. The van der Waals surface area contributed by atoms with Crippen LogP contribution in [0.1, 0.15) is 30.0 Å². The van der Waals surface area contributed by atoms with Gasteiger partial charge in [0.25, 0.3) is 0 Å². The van der Waals surface area contributed by atoms with E-state index in [0.29, 0.717) is 4.83 Å². The molecule has 0 fully saturated rings. The normalized spacial score (nSPS) is 12.8. The summed E-state index contributed by atoms with van der Waals surface area (Å²) in [5.41, 5.74) is 4.16. The Morgan fingerprint density at radius 1 is 1.31 bits per heavy atom. The molecule has 0 radical (unpaired) electrons. The molecule has 2 heteroatoms. The van der Waals surface area contributed by atoms with Gasteiger partial charge in [0.15, 0.2) is 0 Å². The molecule has 1 unspecified atom stereocenters. The lowest BCUT2D eigenvalue weighted by Crippen LogP contribution is -2.08. The predicted octanol–water partition coefficient (Wildman–Crippen LogP) is 4.04. The summed E-state index contributed by atoms with van der Waals surface area (Å²) < 4.78 is 5.37. The molecule has 1 rings (SSSR count). The van der Waals surface area contributed by atoms with Crippen LogP contribution in [-0.4, -0.2) is 18.0 Å². The first-order chi connectivity index (χ1) is 7.63. The highest BCUT2D eigenvalue weighted by molar-refractivity contribution is 9.09. The van der Waals surface area contributed by atoms with Crippen LogP contribution in [0.25, 0.3) is 0 Å². The fraction of sp³-hybridized carbons (Fsp3) is 0.571. The van der Waals surface area contributed by atoms with Gasteiger partial charge in [0.1, 0.15) is 0 Å². The van der Waals surface area contributed by atoms with E-state index >= 15 is 0 Å². The summed E-state index contributed by atoms with van der Waals surface area (Å²) in [7, 11) is 0. The zero-order valence-corrected chi connectivity index (χ0v) is 12.0. The first-order valence-corrected chi connectivity index (χ1v) is 6.83. The number of alkyl halides is 1. The van der Waals surface area contributed by atoms with Gasteiger partial charge < -0.3 is 4.74 Å². The molecule has 0 aliphatic carbocycles. The lowest BCUT2D eigenvalue weighted by Gasteiger charge is -2.12. The average Bonchev–Trinajstić information content (AvgIpc) is 2.24. The molecule has 0 saturated heterocycles. The van der Waals surface area contributed by atoms with Crippen molar-refractivity contribution in [2.45, 2.75) is 38.4 Å². The Labute approximate surface area is 107 Å².